The molecule has 0 saturated carbocycles. The molecular formula is C14H11ClN4O. The monoisotopic (exact) mass is 286 g/mol. The number of hydrogen-bond acceptors (Lipinski definition) is 4. The van der Waals surface area contributed by atoms with E-state index in [1.807, 2.05) is 36.4 Å². The summed E-state index contributed by atoms with van der Waals surface area (Å²) in [4.78, 5) is 0. The Morgan fingerprint density at radius 2 is 1.70 bits per heavy atom. The van der Waals surface area contributed by atoms with E-state index in [-0.39, 0.29) is 0 Å². The molecular weight excluding hydrogens is 276 g/mol. The maximum atomic E-state index is 5.89. The molecule has 6 heteroatoms. The number of nitrogens with zero attached hydrogens (tertiary/aromatic N) is 4. The first-order valence-electron chi connectivity index (χ1n) is 5.96. The molecule has 3 rings (SSSR count). The fourth-order valence-electron chi connectivity index (χ4n) is 1.86. The van der Waals surface area contributed by atoms with E-state index in [0.29, 0.717) is 10.8 Å². The van der Waals surface area contributed by atoms with Gasteiger partial charge in [0.1, 0.15) is 5.75 Å². The van der Waals surface area contributed by atoms with E-state index in [0.717, 1.165) is 17.0 Å². The van der Waals surface area contributed by atoms with Gasteiger partial charge in [-0.25, -0.2) is 0 Å². The lowest BCUT2D eigenvalue weighted by molar-refractivity contribution is 0.415. The molecule has 1 aromatic heterocycles. The molecule has 0 spiro atoms. The summed E-state index contributed by atoms with van der Waals surface area (Å²) in [5.41, 5.74) is 1.76. The number of methoxy groups -OCH3 is 1. The Hall–Kier alpha value is -2.40. The summed E-state index contributed by atoms with van der Waals surface area (Å²) < 4.78 is 6.81. The third-order valence-corrected chi connectivity index (χ3v) is 3.14. The van der Waals surface area contributed by atoms with Crippen LogP contribution in [0.1, 0.15) is 0 Å². The molecule has 0 unspecified atom stereocenters. The van der Waals surface area contributed by atoms with Crippen LogP contribution in [0.15, 0.2) is 48.5 Å². The van der Waals surface area contributed by atoms with Crippen LogP contribution >= 0.6 is 11.6 Å². The van der Waals surface area contributed by atoms with Gasteiger partial charge in [0.2, 0.25) is 0 Å². The van der Waals surface area contributed by atoms with Crippen molar-refractivity contribution < 1.29 is 4.74 Å². The second-order valence-electron chi connectivity index (χ2n) is 4.12. The normalized spacial score (nSPS) is 10.5. The van der Waals surface area contributed by atoms with Gasteiger partial charge in [-0.3, -0.25) is 0 Å². The zero-order valence-electron chi connectivity index (χ0n) is 10.7. The topological polar surface area (TPSA) is 52.8 Å². The summed E-state index contributed by atoms with van der Waals surface area (Å²) in [7, 11) is 1.63. The van der Waals surface area contributed by atoms with Gasteiger partial charge >= 0.3 is 0 Å². The molecule has 0 aliphatic heterocycles. The van der Waals surface area contributed by atoms with Crippen LogP contribution in [-0.2, 0) is 0 Å². The summed E-state index contributed by atoms with van der Waals surface area (Å²) in [6.07, 6.45) is 0. The molecule has 0 atom stereocenters. The molecule has 100 valence electrons. The van der Waals surface area contributed by atoms with E-state index in [9.17, 15) is 0 Å². The number of benzene rings is 2. The van der Waals surface area contributed by atoms with Crippen LogP contribution in [0.25, 0.3) is 17.1 Å². The molecule has 0 saturated heterocycles. The number of ether oxygens (including phenoxy) is 1. The molecule has 0 aliphatic carbocycles. The highest BCUT2D eigenvalue weighted by Crippen LogP contribution is 2.22. The molecule has 3 aromatic rings. The van der Waals surface area contributed by atoms with Crippen LogP contribution in [0, 0.1) is 0 Å². The molecule has 0 amide bonds. The SMILES string of the molecule is COc1ccc(-c2nnnn2-c2ccc(Cl)cc2)cc1. The highest BCUT2D eigenvalue weighted by molar-refractivity contribution is 6.30. The fraction of sp³-hybridized carbons (Fsp3) is 0.0714. The molecule has 0 bridgehead atoms. The predicted octanol–water partition coefficient (Wildman–Crippen LogP) is 2.99. The number of halogens is 1. The molecule has 0 fully saturated rings. The summed E-state index contributed by atoms with van der Waals surface area (Å²) in [5.74, 6) is 1.45. The van der Waals surface area contributed by atoms with Crippen LogP contribution in [0.2, 0.25) is 5.02 Å². The quantitative estimate of drug-likeness (QED) is 0.743. The van der Waals surface area contributed by atoms with E-state index >= 15 is 0 Å². The lowest BCUT2D eigenvalue weighted by Gasteiger charge is -2.05. The molecule has 0 radical (unpaired) electrons. The van der Waals surface area contributed by atoms with Crippen molar-refractivity contribution in [2.24, 2.45) is 0 Å². The average Bonchev–Trinajstić information content (AvgIpc) is 2.97. The first kappa shape index (κ1) is 12.6. The Morgan fingerprint density at radius 1 is 1.00 bits per heavy atom. The summed E-state index contributed by atoms with van der Waals surface area (Å²) in [5, 5.41) is 12.5. The van der Waals surface area contributed by atoms with E-state index in [4.69, 9.17) is 16.3 Å². The van der Waals surface area contributed by atoms with Crippen molar-refractivity contribution in [2.45, 2.75) is 0 Å². The van der Waals surface area contributed by atoms with Gasteiger partial charge in [-0.15, -0.1) is 5.10 Å². The first-order chi connectivity index (χ1) is 9.78. The molecule has 1 heterocycles. The van der Waals surface area contributed by atoms with Crippen molar-refractivity contribution >= 4 is 11.6 Å². The van der Waals surface area contributed by atoms with Gasteiger partial charge < -0.3 is 4.74 Å². The van der Waals surface area contributed by atoms with Crippen molar-refractivity contribution in [3.05, 3.63) is 53.6 Å². The van der Waals surface area contributed by atoms with E-state index in [1.54, 1.807) is 23.9 Å². The highest BCUT2D eigenvalue weighted by atomic mass is 35.5. The van der Waals surface area contributed by atoms with Crippen molar-refractivity contribution in [2.75, 3.05) is 7.11 Å². The van der Waals surface area contributed by atoms with Gasteiger partial charge in [-0.1, -0.05) is 11.6 Å². The minimum Gasteiger partial charge on any atom is -0.497 e. The predicted molar refractivity (Wildman–Crippen MR) is 76.2 cm³/mol. The minimum atomic E-state index is 0.662. The van der Waals surface area contributed by atoms with Gasteiger partial charge in [0, 0.05) is 10.6 Å². The standard InChI is InChI=1S/C14H11ClN4O/c1-20-13-8-2-10(3-9-13)14-16-17-18-19(14)12-6-4-11(15)5-7-12/h2-9H,1H3. The summed E-state index contributed by atoms with van der Waals surface area (Å²) in [6.45, 7) is 0. The average molecular weight is 287 g/mol. The lowest BCUT2D eigenvalue weighted by atomic mass is 10.2. The van der Waals surface area contributed by atoms with Gasteiger partial charge in [-0.2, -0.15) is 4.68 Å². The van der Waals surface area contributed by atoms with Crippen LogP contribution in [0.3, 0.4) is 0 Å². The molecule has 2 aromatic carbocycles. The summed E-state index contributed by atoms with van der Waals surface area (Å²) in [6, 6.07) is 14.9. The zero-order valence-corrected chi connectivity index (χ0v) is 11.4. The zero-order chi connectivity index (χ0) is 13.9. The van der Waals surface area contributed by atoms with Gasteiger partial charge in [0.15, 0.2) is 5.82 Å². The van der Waals surface area contributed by atoms with Crippen molar-refractivity contribution in [3.8, 4) is 22.8 Å². The molecule has 0 N–H and O–H groups in total. The summed E-state index contributed by atoms with van der Waals surface area (Å²) >= 11 is 5.89. The Bertz CT molecular complexity index is 707. The molecule has 0 aliphatic rings. The maximum Gasteiger partial charge on any atom is 0.187 e. The fourth-order valence-corrected chi connectivity index (χ4v) is 1.99. The van der Waals surface area contributed by atoms with Crippen LogP contribution in [0.5, 0.6) is 5.75 Å². The van der Waals surface area contributed by atoms with Crippen LogP contribution in [-0.4, -0.2) is 27.3 Å². The Labute approximate surface area is 120 Å². The van der Waals surface area contributed by atoms with Gasteiger partial charge in [0.25, 0.3) is 0 Å². The third kappa shape index (κ3) is 2.35. The lowest BCUT2D eigenvalue weighted by Crippen LogP contribution is -1.99. The Balaban J connectivity index is 2.02. The third-order valence-electron chi connectivity index (χ3n) is 2.89. The maximum absolute atomic E-state index is 5.89. The second-order valence-corrected chi connectivity index (χ2v) is 4.56. The molecule has 20 heavy (non-hydrogen) atoms. The van der Waals surface area contributed by atoms with Crippen molar-refractivity contribution in [3.63, 3.8) is 0 Å². The van der Waals surface area contributed by atoms with E-state index in [2.05, 4.69) is 15.5 Å². The number of hydrogen-bond donors (Lipinski definition) is 0. The smallest absolute Gasteiger partial charge is 0.187 e. The Kier molecular flexibility index (Phi) is 3.35. The van der Waals surface area contributed by atoms with Crippen LogP contribution in [0.4, 0.5) is 0 Å². The first-order valence-corrected chi connectivity index (χ1v) is 6.34. The highest BCUT2D eigenvalue weighted by Gasteiger charge is 2.10. The second kappa shape index (κ2) is 5.30. The number of rotatable bonds is 3. The van der Waals surface area contributed by atoms with Gasteiger partial charge in [-0.05, 0) is 59.0 Å². The number of tetrazole rings is 1. The van der Waals surface area contributed by atoms with E-state index < -0.39 is 0 Å². The van der Waals surface area contributed by atoms with Crippen molar-refractivity contribution in [1.29, 1.82) is 0 Å². The Morgan fingerprint density at radius 3 is 2.35 bits per heavy atom. The van der Waals surface area contributed by atoms with E-state index in [1.165, 1.54) is 0 Å². The van der Waals surface area contributed by atoms with Gasteiger partial charge in [0.05, 0.1) is 12.8 Å². The molecule has 5 nitrogen and oxygen atoms in total. The largest absolute Gasteiger partial charge is 0.497 e. The van der Waals surface area contributed by atoms with Crippen LogP contribution < -0.4 is 4.74 Å². The van der Waals surface area contributed by atoms with Crippen molar-refractivity contribution in [1.82, 2.24) is 20.2 Å². The minimum absolute atomic E-state index is 0.662. The number of aromatic nitrogens is 4.